The maximum absolute atomic E-state index is 13.3. The first-order valence-electron chi connectivity index (χ1n) is 10.5. The van der Waals surface area contributed by atoms with Gasteiger partial charge in [0.25, 0.3) is 0 Å². The first kappa shape index (κ1) is 22.2. The second-order valence-corrected chi connectivity index (χ2v) is 9.05. The van der Waals surface area contributed by atoms with Gasteiger partial charge in [-0.05, 0) is 11.0 Å². The van der Waals surface area contributed by atoms with Crippen molar-refractivity contribution in [2.45, 2.75) is 45.8 Å². The van der Waals surface area contributed by atoms with Gasteiger partial charge in [-0.25, -0.2) is 0 Å². The Labute approximate surface area is 177 Å². The Morgan fingerprint density at radius 2 is 1.87 bits per heavy atom. The number of nitrogens with one attached hydrogen (secondary N) is 2. The van der Waals surface area contributed by atoms with E-state index in [2.05, 4.69) is 15.5 Å². The molecule has 2 aliphatic rings. The van der Waals surface area contributed by atoms with Crippen LogP contribution >= 0.6 is 0 Å². The highest BCUT2D eigenvalue weighted by molar-refractivity contribution is 5.93. The van der Waals surface area contributed by atoms with Gasteiger partial charge in [0.2, 0.25) is 17.7 Å². The first-order valence-corrected chi connectivity index (χ1v) is 10.5. The highest BCUT2D eigenvalue weighted by Gasteiger charge is 2.38. The van der Waals surface area contributed by atoms with Crippen LogP contribution in [0.4, 0.5) is 0 Å². The van der Waals surface area contributed by atoms with Gasteiger partial charge in [-0.1, -0.05) is 51.1 Å². The van der Waals surface area contributed by atoms with Crippen LogP contribution < -0.4 is 10.6 Å². The van der Waals surface area contributed by atoms with Gasteiger partial charge < -0.3 is 20.3 Å². The number of benzene rings is 1. The molecule has 3 amide bonds. The van der Waals surface area contributed by atoms with E-state index in [9.17, 15) is 14.4 Å². The fourth-order valence-corrected chi connectivity index (χ4v) is 3.78. The summed E-state index contributed by atoms with van der Waals surface area (Å²) in [4.78, 5) is 41.8. The molecule has 0 aromatic heterocycles. The van der Waals surface area contributed by atoms with Gasteiger partial charge in [0.05, 0.1) is 26.3 Å². The Morgan fingerprint density at radius 1 is 1.20 bits per heavy atom. The smallest absolute Gasteiger partial charge is 0.244 e. The molecule has 0 bridgehead atoms. The monoisotopic (exact) mass is 416 g/mol. The van der Waals surface area contributed by atoms with Crippen molar-refractivity contribution in [1.82, 2.24) is 20.4 Å². The summed E-state index contributed by atoms with van der Waals surface area (Å²) < 4.78 is 5.46. The summed E-state index contributed by atoms with van der Waals surface area (Å²) in [5.74, 6) is -0.671. The van der Waals surface area contributed by atoms with Crippen LogP contribution in [0.25, 0.3) is 0 Å². The highest BCUT2D eigenvalue weighted by Crippen LogP contribution is 2.24. The fourth-order valence-electron chi connectivity index (χ4n) is 3.78. The number of rotatable bonds is 5. The Bertz CT molecular complexity index is 756. The quantitative estimate of drug-likeness (QED) is 0.754. The summed E-state index contributed by atoms with van der Waals surface area (Å²) in [6.07, 6.45) is -0.0722. The van der Waals surface area contributed by atoms with Gasteiger partial charge in [-0.2, -0.15) is 0 Å². The summed E-state index contributed by atoms with van der Waals surface area (Å²) in [7, 11) is 0. The number of hydrogen-bond donors (Lipinski definition) is 2. The maximum Gasteiger partial charge on any atom is 0.244 e. The van der Waals surface area contributed by atoms with Crippen molar-refractivity contribution in [1.29, 1.82) is 0 Å². The van der Waals surface area contributed by atoms with Gasteiger partial charge in [0, 0.05) is 19.5 Å². The number of ether oxygens (including phenoxy) is 1. The molecule has 2 aliphatic heterocycles. The number of morpholine rings is 1. The molecule has 2 unspecified atom stereocenters. The predicted molar refractivity (Wildman–Crippen MR) is 112 cm³/mol. The highest BCUT2D eigenvalue weighted by atomic mass is 16.5. The van der Waals surface area contributed by atoms with Crippen molar-refractivity contribution in [3.63, 3.8) is 0 Å². The Hall–Kier alpha value is -2.45. The lowest BCUT2D eigenvalue weighted by atomic mass is 9.91. The lowest BCUT2D eigenvalue weighted by molar-refractivity contribution is -0.149. The molecule has 2 fully saturated rings. The number of carbonyl (C=O) groups is 3. The van der Waals surface area contributed by atoms with E-state index in [1.807, 2.05) is 51.1 Å². The average Bonchev–Trinajstić information content (AvgIpc) is 2.71. The van der Waals surface area contributed by atoms with E-state index >= 15 is 0 Å². The topological polar surface area (TPSA) is 91.0 Å². The van der Waals surface area contributed by atoms with E-state index in [1.54, 1.807) is 0 Å². The molecule has 30 heavy (non-hydrogen) atoms. The molecular weight excluding hydrogens is 384 g/mol. The van der Waals surface area contributed by atoms with Gasteiger partial charge >= 0.3 is 0 Å². The minimum atomic E-state index is -0.819. The van der Waals surface area contributed by atoms with E-state index in [4.69, 9.17) is 4.74 Å². The SMILES string of the molecule is CC(C)(C)CC(=O)N1CNC(=O)CC1C(=O)NC(c1ccccc1)N1CCOCC1. The van der Waals surface area contributed by atoms with Crippen molar-refractivity contribution in [2.75, 3.05) is 33.0 Å². The molecule has 1 aromatic rings. The lowest BCUT2D eigenvalue weighted by Crippen LogP contribution is -2.60. The van der Waals surface area contributed by atoms with E-state index in [1.165, 1.54) is 4.90 Å². The molecule has 8 heteroatoms. The summed E-state index contributed by atoms with van der Waals surface area (Å²) in [5.41, 5.74) is 0.750. The van der Waals surface area contributed by atoms with Crippen molar-refractivity contribution < 1.29 is 19.1 Å². The molecule has 8 nitrogen and oxygen atoms in total. The molecule has 2 saturated heterocycles. The third kappa shape index (κ3) is 5.79. The zero-order valence-electron chi connectivity index (χ0n) is 18.0. The lowest BCUT2D eigenvalue weighted by Gasteiger charge is -2.39. The van der Waals surface area contributed by atoms with Gasteiger partial charge in [0.15, 0.2) is 0 Å². The second kappa shape index (κ2) is 9.57. The van der Waals surface area contributed by atoms with Crippen LogP contribution in [0, 0.1) is 5.41 Å². The minimum absolute atomic E-state index is 0.0354. The molecule has 0 saturated carbocycles. The largest absolute Gasteiger partial charge is 0.379 e. The normalized spacial score (nSPS) is 21.6. The van der Waals surface area contributed by atoms with Gasteiger partial charge in [0.1, 0.15) is 12.2 Å². The molecule has 2 heterocycles. The number of amides is 3. The number of nitrogens with zero attached hydrogens (tertiary/aromatic N) is 2. The molecule has 0 radical (unpaired) electrons. The Morgan fingerprint density at radius 3 is 2.50 bits per heavy atom. The van der Waals surface area contributed by atoms with E-state index in [0.29, 0.717) is 32.7 Å². The molecule has 164 valence electrons. The summed E-state index contributed by atoms with van der Waals surface area (Å²) in [5, 5.41) is 5.79. The average molecular weight is 417 g/mol. The summed E-state index contributed by atoms with van der Waals surface area (Å²) >= 11 is 0. The molecular formula is C22H32N4O4. The van der Waals surface area contributed by atoms with E-state index in [0.717, 1.165) is 5.56 Å². The second-order valence-electron chi connectivity index (χ2n) is 9.05. The third-order valence-electron chi connectivity index (χ3n) is 5.31. The van der Waals surface area contributed by atoms with Crippen LogP contribution in [0.5, 0.6) is 0 Å². The van der Waals surface area contributed by atoms with Crippen LogP contribution in [-0.4, -0.2) is 66.5 Å². The van der Waals surface area contributed by atoms with Crippen molar-refractivity contribution in [3.8, 4) is 0 Å². The van der Waals surface area contributed by atoms with Crippen molar-refractivity contribution in [3.05, 3.63) is 35.9 Å². The van der Waals surface area contributed by atoms with Crippen molar-refractivity contribution in [2.24, 2.45) is 5.41 Å². The Balaban J connectivity index is 1.79. The van der Waals surface area contributed by atoms with E-state index < -0.39 is 6.04 Å². The fraction of sp³-hybridized carbons (Fsp3) is 0.591. The molecule has 2 N–H and O–H groups in total. The molecule has 2 atom stereocenters. The molecule has 3 rings (SSSR count). The van der Waals surface area contributed by atoms with Gasteiger partial charge in [-0.3, -0.25) is 19.3 Å². The molecule has 1 aromatic carbocycles. The minimum Gasteiger partial charge on any atom is -0.379 e. The van der Waals surface area contributed by atoms with E-state index in [-0.39, 0.29) is 42.4 Å². The predicted octanol–water partition coefficient (Wildman–Crippen LogP) is 1.24. The molecule has 0 aliphatic carbocycles. The zero-order chi connectivity index (χ0) is 21.7. The number of hydrogen-bond acceptors (Lipinski definition) is 5. The molecule has 0 spiro atoms. The third-order valence-corrected chi connectivity index (χ3v) is 5.31. The van der Waals surface area contributed by atoms with Crippen LogP contribution in [0.1, 0.15) is 45.3 Å². The first-order chi connectivity index (χ1) is 14.2. The van der Waals surface area contributed by atoms with Crippen LogP contribution in [0.15, 0.2) is 30.3 Å². The summed E-state index contributed by atoms with van der Waals surface area (Å²) in [6.45, 7) is 8.57. The van der Waals surface area contributed by atoms with Crippen LogP contribution in [-0.2, 0) is 19.1 Å². The van der Waals surface area contributed by atoms with Crippen LogP contribution in [0.3, 0.4) is 0 Å². The van der Waals surface area contributed by atoms with Gasteiger partial charge in [-0.15, -0.1) is 0 Å². The zero-order valence-corrected chi connectivity index (χ0v) is 18.0. The van der Waals surface area contributed by atoms with Crippen LogP contribution in [0.2, 0.25) is 0 Å². The number of carbonyl (C=O) groups excluding carboxylic acids is 3. The van der Waals surface area contributed by atoms with Crippen molar-refractivity contribution >= 4 is 17.7 Å². The standard InChI is InChI=1S/C22H32N4O4/c1-22(2,3)14-19(28)26-15-23-18(27)13-17(26)21(29)24-20(16-7-5-4-6-8-16)25-9-11-30-12-10-25/h4-8,17,20H,9-15H2,1-3H3,(H,23,27)(H,24,29). The maximum atomic E-state index is 13.3. The summed E-state index contributed by atoms with van der Waals surface area (Å²) in [6, 6.07) is 8.91. The Kier molecular flexibility index (Phi) is 7.10.